The molecule has 0 saturated heterocycles. The monoisotopic (exact) mass is 400 g/mol. The van der Waals surface area contributed by atoms with Crippen LogP contribution in [0.2, 0.25) is 0 Å². The summed E-state index contributed by atoms with van der Waals surface area (Å²) in [6.45, 7) is 3.53. The van der Waals surface area contributed by atoms with Crippen molar-refractivity contribution in [2.24, 2.45) is 0 Å². The zero-order valence-electron chi connectivity index (χ0n) is 8.99. The molecule has 0 heterocycles. The number of nitrogens with zero attached hydrogens (tertiary/aromatic N) is 1. The van der Waals surface area contributed by atoms with E-state index < -0.39 is 0 Å². The Balaban J connectivity index is -0.000000405. The summed E-state index contributed by atoms with van der Waals surface area (Å²) >= 11 is 0. The molecule has 0 rings (SSSR count). The van der Waals surface area contributed by atoms with Crippen LogP contribution in [0.1, 0.15) is 6.92 Å². The van der Waals surface area contributed by atoms with Crippen LogP contribution in [0.5, 0.6) is 0 Å². The van der Waals surface area contributed by atoms with Gasteiger partial charge in [0.05, 0.1) is 35.2 Å². The average molecular weight is 400 g/mol. The molecular formula is C8H22I2N2. The molecule has 0 aliphatic carbocycles. The largest absolute Gasteiger partial charge is 1.00 e. The summed E-state index contributed by atoms with van der Waals surface area (Å²) in [4.78, 5) is 1.54. The third kappa shape index (κ3) is 11.4. The fraction of sp³-hybridized carbons (Fsp3) is 1.00. The van der Waals surface area contributed by atoms with Gasteiger partial charge in [-0.1, -0.05) is 0 Å². The Morgan fingerprint density at radius 3 is 1.50 bits per heavy atom. The van der Waals surface area contributed by atoms with Crippen LogP contribution in [0.4, 0.5) is 0 Å². The Kier molecular flexibility index (Phi) is 12.3. The third-order valence-corrected chi connectivity index (χ3v) is 1.81. The van der Waals surface area contributed by atoms with Gasteiger partial charge in [0.15, 0.2) is 0 Å². The molecule has 4 heteroatoms. The van der Waals surface area contributed by atoms with E-state index in [2.05, 4.69) is 42.2 Å². The number of hydrogen-bond donors (Lipinski definition) is 1. The van der Waals surface area contributed by atoms with Gasteiger partial charge in [-0.3, -0.25) is 0 Å². The molecular weight excluding hydrogens is 378 g/mol. The lowest BCUT2D eigenvalue weighted by Gasteiger charge is -2.28. The zero-order chi connectivity index (χ0) is 8.36. The van der Waals surface area contributed by atoms with E-state index in [-0.39, 0.29) is 48.0 Å². The van der Waals surface area contributed by atoms with E-state index in [1.54, 1.807) is 0 Å². The zero-order valence-corrected chi connectivity index (χ0v) is 13.3. The summed E-state index contributed by atoms with van der Waals surface area (Å²) in [5, 5.41) is 0. The Morgan fingerprint density at radius 1 is 1.08 bits per heavy atom. The van der Waals surface area contributed by atoms with Gasteiger partial charge in [0.1, 0.15) is 12.6 Å². The van der Waals surface area contributed by atoms with Crippen molar-refractivity contribution in [2.75, 3.05) is 41.8 Å². The van der Waals surface area contributed by atoms with Crippen molar-refractivity contribution >= 4 is 0 Å². The molecule has 2 nitrogen and oxygen atoms in total. The fourth-order valence-electron chi connectivity index (χ4n) is 1.00. The maximum Gasteiger partial charge on any atom is 0.134 e. The van der Waals surface area contributed by atoms with Crippen LogP contribution < -0.4 is 52.9 Å². The summed E-state index contributed by atoms with van der Waals surface area (Å²) in [7, 11) is 11.1. The number of hydrogen-bond acceptors (Lipinski definition) is 0. The molecule has 0 spiro atoms. The molecule has 0 radical (unpaired) electrons. The Hall–Kier alpha value is 1.38. The molecule has 0 aromatic carbocycles. The SMILES string of the molecule is CC(C[N+](C)(C)C)[NH+](C)C.[I-].[I-]. The summed E-state index contributed by atoms with van der Waals surface area (Å²) in [6.07, 6.45) is 0. The van der Waals surface area contributed by atoms with Crippen molar-refractivity contribution < 1.29 is 57.3 Å². The second kappa shape index (κ2) is 7.75. The first-order chi connectivity index (χ1) is 4.33. The highest BCUT2D eigenvalue weighted by molar-refractivity contribution is 4.40. The minimum absolute atomic E-state index is 0. The first kappa shape index (κ1) is 19.0. The van der Waals surface area contributed by atoms with Crippen molar-refractivity contribution in [3.63, 3.8) is 0 Å². The number of quaternary nitrogens is 2. The fourth-order valence-corrected chi connectivity index (χ4v) is 1.00. The van der Waals surface area contributed by atoms with Crippen LogP contribution >= 0.6 is 0 Å². The van der Waals surface area contributed by atoms with Gasteiger partial charge < -0.3 is 57.3 Å². The van der Waals surface area contributed by atoms with E-state index >= 15 is 0 Å². The van der Waals surface area contributed by atoms with E-state index in [9.17, 15) is 0 Å². The highest BCUT2D eigenvalue weighted by atomic mass is 127. The molecule has 12 heavy (non-hydrogen) atoms. The predicted molar refractivity (Wildman–Crippen MR) is 45.2 cm³/mol. The van der Waals surface area contributed by atoms with Crippen molar-refractivity contribution in [2.45, 2.75) is 13.0 Å². The van der Waals surface area contributed by atoms with Gasteiger partial charge in [-0.05, 0) is 6.92 Å². The lowest BCUT2D eigenvalue weighted by atomic mass is 10.3. The molecule has 0 aliphatic heterocycles. The van der Waals surface area contributed by atoms with Gasteiger partial charge in [0, 0.05) is 0 Å². The molecule has 0 amide bonds. The molecule has 1 atom stereocenters. The maximum atomic E-state index is 2.29. The number of likely N-dealkylation sites (N-methyl/N-ethyl adjacent to an activating group) is 2. The number of halogens is 2. The minimum atomic E-state index is 0. The first-order valence-electron chi connectivity index (χ1n) is 3.93. The Bertz CT molecular complexity index is 99.7. The molecule has 0 saturated carbocycles. The van der Waals surface area contributed by atoms with Crippen molar-refractivity contribution in [3.05, 3.63) is 0 Å². The maximum absolute atomic E-state index is 2.29. The van der Waals surface area contributed by atoms with Gasteiger partial charge in [-0.15, -0.1) is 0 Å². The molecule has 78 valence electrons. The van der Waals surface area contributed by atoms with Crippen LogP contribution in [-0.2, 0) is 0 Å². The lowest BCUT2D eigenvalue weighted by molar-refractivity contribution is -0.941. The summed E-state index contributed by atoms with van der Waals surface area (Å²) < 4.78 is 1.06. The molecule has 1 N–H and O–H groups in total. The second-order valence-electron chi connectivity index (χ2n) is 4.45. The minimum Gasteiger partial charge on any atom is -1.00 e. The normalized spacial score (nSPS) is 13.2. The standard InChI is InChI=1S/C8H21N2.2HI/c1-8(9(2)3)7-10(4,5)6;;/h8H,7H2,1-6H3;2*1H/q+1;;/p-1. The van der Waals surface area contributed by atoms with Crippen molar-refractivity contribution in [1.29, 1.82) is 0 Å². The molecule has 0 fully saturated rings. The number of rotatable bonds is 3. The highest BCUT2D eigenvalue weighted by Crippen LogP contribution is 1.90. The molecule has 0 aliphatic rings. The van der Waals surface area contributed by atoms with Gasteiger partial charge in [0.2, 0.25) is 0 Å². The Labute approximate surface area is 111 Å². The molecule has 0 aromatic rings. The topological polar surface area (TPSA) is 4.44 Å². The van der Waals surface area contributed by atoms with E-state index in [1.165, 1.54) is 11.4 Å². The van der Waals surface area contributed by atoms with Gasteiger partial charge in [-0.2, -0.15) is 0 Å². The summed E-state index contributed by atoms with van der Waals surface area (Å²) in [5.41, 5.74) is 0. The van der Waals surface area contributed by atoms with Crippen molar-refractivity contribution in [3.8, 4) is 0 Å². The van der Waals surface area contributed by atoms with Gasteiger partial charge >= 0.3 is 0 Å². The van der Waals surface area contributed by atoms with E-state index in [0.717, 1.165) is 10.5 Å². The Morgan fingerprint density at radius 2 is 1.42 bits per heavy atom. The van der Waals surface area contributed by atoms with Gasteiger partial charge in [-0.25, -0.2) is 0 Å². The van der Waals surface area contributed by atoms with Crippen LogP contribution in [0.3, 0.4) is 0 Å². The van der Waals surface area contributed by atoms with Crippen LogP contribution in [0.25, 0.3) is 0 Å². The van der Waals surface area contributed by atoms with E-state index in [1.807, 2.05) is 0 Å². The van der Waals surface area contributed by atoms with Crippen LogP contribution in [-0.4, -0.2) is 52.3 Å². The number of nitrogens with one attached hydrogen (secondary N) is 1. The third-order valence-electron chi connectivity index (χ3n) is 1.81. The average Bonchev–Trinajstić information content (AvgIpc) is 1.60. The first-order valence-corrected chi connectivity index (χ1v) is 3.93. The second-order valence-corrected chi connectivity index (χ2v) is 4.45. The van der Waals surface area contributed by atoms with E-state index in [4.69, 9.17) is 0 Å². The van der Waals surface area contributed by atoms with Gasteiger partial charge in [0.25, 0.3) is 0 Å². The van der Waals surface area contributed by atoms with Crippen LogP contribution in [0, 0.1) is 0 Å². The smallest absolute Gasteiger partial charge is 0.134 e. The highest BCUT2D eigenvalue weighted by Gasteiger charge is 2.17. The summed E-state index contributed by atoms with van der Waals surface area (Å²) in [5.74, 6) is 0. The quantitative estimate of drug-likeness (QED) is 0.355. The summed E-state index contributed by atoms with van der Waals surface area (Å²) in [6, 6.07) is 0.750. The molecule has 0 bridgehead atoms. The predicted octanol–water partition coefficient (Wildman–Crippen LogP) is -6.77. The molecule has 1 unspecified atom stereocenters. The lowest BCUT2D eigenvalue weighted by Crippen LogP contribution is -3.10. The van der Waals surface area contributed by atoms with Crippen LogP contribution in [0.15, 0.2) is 0 Å². The van der Waals surface area contributed by atoms with Crippen molar-refractivity contribution in [1.82, 2.24) is 0 Å². The molecule has 0 aromatic heterocycles. The van der Waals surface area contributed by atoms with E-state index in [0.29, 0.717) is 0 Å².